The third-order valence-corrected chi connectivity index (χ3v) is 5.56. The van der Waals surface area contributed by atoms with E-state index < -0.39 is 16.9 Å². The number of thiocarbonyl (C=S) groups is 1. The number of pyridine rings is 1. The summed E-state index contributed by atoms with van der Waals surface area (Å²) in [4.78, 5) is 29.4. The fourth-order valence-corrected chi connectivity index (χ4v) is 4.17. The molecule has 0 radical (unpaired) electrons. The van der Waals surface area contributed by atoms with E-state index in [-0.39, 0.29) is 24.9 Å². The molecule has 9 nitrogen and oxygen atoms in total. The van der Waals surface area contributed by atoms with Gasteiger partial charge in [0.1, 0.15) is 6.54 Å². The zero-order valence-electron chi connectivity index (χ0n) is 17.2. The SMILES string of the molecule is CCOC(=O)CN1C(=S)N[C@@H](c2ccccn2)[C@@H]1c1cccn1-c1cccc([N+](=O)[O-])c1. The second kappa shape index (κ2) is 9.15. The zero-order valence-corrected chi connectivity index (χ0v) is 18.1. The van der Waals surface area contributed by atoms with Gasteiger partial charge in [0.25, 0.3) is 5.69 Å². The standard InChI is InChI=1S/C22H21N5O4S/c1-2-31-19(28)14-26-21(20(24-22(26)32)17-9-3-4-11-23-17)18-10-6-12-25(18)15-7-5-8-16(13-15)27(29)30/h3-13,20-21H,2,14H2,1H3,(H,24,32)/t20-,21-/m0/s1. The van der Waals surface area contributed by atoms with E-state index in [1.807, 2.05) is 41.1 Å². The second-order valence-electron chi connectivity index (χ2n) is 7.14. The Kier molecular flexibility index (Phi) is 6.13. The first-order chi connectivity index (χ1) is 15.5. The molecule has 1 aliphatic rings. The average molecular weight is 452 g/mol. The molecular formula is C22H21N5O4S. The molecule has 32 heavy (non-hydrogen) atoms. The average Bonchev–Trinajstić information content (AvgIpc) is 3.39. The summed E-state index contributed by atoms with van der Waals surface area (Å²) in [5.74, 6) is -0.392. The van der Waals surface area contributed by atoms with Gasteiger partial charge in [-0.15, -0.1) is 0 Å². The number of aromatic nitrogens is 2. The highest BCUT2D eigenvalue weighted by molar-refractivity contribution is 7.80. The van der Waals surface area contributed by atoms with Crippen LogP contribution in [0.15, 0.2) is 67.0 Å². The molecule has 1 saturated heterocycles. The van der Waals surface area contributed by atoms with Crippen LogP contribution in [0.2, 0.25) is 0 Å². The molecule has 3 aromatic rings. The highest BCUT2D eigenvalue weighted by Gasteiger charge is 2.42. The number of nitro groups is 1. The minimum absolute atomic E-state index is 0.00752. The predicted molar refractivity (Wildman–Crippen MR) is 121 cm³/mol. The number of carbonyl (C=O) groups is 1. The van der Waals surface area contributed by atoms with Crippen LogP contribution in [0.4, 0.5) is 5.69 Å². The Morgan fingerprint density at radius 1 is 1.25 bits per heavy atom. The minimum atomic E-state index is -0.428. The number of nitrogens with one attached hydrogen (secondary N) is 1. The Bertz CT molecular complexity index is 1150. The van der Waals surface area contributed by atoms with E-state index >= 15 is 0 Å². The summed E-state index contributed by atoms with van der Waals surface area (Å²) in [6.45, 7) is 1.99. The molecule has 1 aromatic carbocycles. The van der Waals surface area contributed by atoms with E-state index in [0.717, 1.165) is 11.4 Å². The van der Waals surface area contributed by atoms with Crippen LogP contribution in [-0.2, 0) is 9.53 Å². The van der Waals surface area contributed by atoms with Crippen molar-refractivity contribution in [2.45, 2.75) is 19.0 Å². The predicted octanol–water partition coefficient (Wildman–Crippen LogP) is 3.32. The second-order valence-corrected chi connectivity index (χ2v) is 7.53. The van der Waals surface area contributed by atoms with Gasteiger partial charge in [-0.25, -0.2) is 0 Å². The van der Waals surface area contributed by atoms with Crippen LogP contribution < -0.4 is 5.32 Å². The lowest BCUT2D eigenvalue weighted by Gasteiger charge is -2.28. The van der Waals surface area contributed by atoms with E-state index in [9.17, 15) is 14.9 Å². The lowest BCUT2D eigenvalue weighted by Crippen LogP contribution is -2.36. The molecule has 0 amide bonds. The highest BCUT2D eigenvalue weighted by atomic mass is 32.1. The molecule has 1 fully saturated rings. The Hall–Kier alpha value is -3.79. The highest BCUT2D eigenvalue weighted by Crippen LogP contribution is 2.39. The number of nitrogens with zero attached hydrogens (tertiary/aromatic N) is 4. The van der Waals surface area contributed by atoms with Crippen LogP contribution in [0.1, 0.15) is 30.4 Å². The number of hydrogen-bond donors (Lipinski definition) is 1. The molecule has 1 N–H and O–H groups in total. The van der Waals surface area contributed by atoms with Gasteiger partial charge in [-0.3, -0.25) is 19.9 Å². The maximum Gasteiger partial charge on any atom is 0.325 e. The van der Waals surface area contributed by atoms with Gasteiger partial charge in [-0.1, -0.05) is 12.1 Å². The number of benzene rings is 1. The fourth-order valence-electron chi connectivity index (χ4n) is 3.87. The molecular weight excluding hydrogens is 430 g/mol. The molecule has 0 bridgehead atoms. The summed E-state index contributed by atoms with van der Waals surface area (Å²) in [5.41, 5.74) is 2.19. The van der Waals surface area contributed by atoms with Gasteiger partial charge in [0.15, 0.2) is 5.11 Å². The Morgan fingerprint density at radius 3 is 2.81 bits per heavy atom. The van der Waals surface area contributed by atoms with Crippen molar-refractivity contribution in [1.82, 2.24) is 19.8 Å². The number of non-ortho nitro benzene ring substituents is 1. The van der Waals surface area contributed by atoms with E-state index in [1.54, 1.807) is 30.2 Å². The first-order valence-electron chi connectivity index (χ1n) is 10.1. The van der Waals surface area contributed by atoms with Crippen LogP contribution in [0.5, 0.6) is 0 Å². The monoisotopic (exact) mass is 451 g/mol. The zero-order chi connectivity index (χ0) is 22.7. The molecule has 10 heteroatoms. The number of hydrogen-bond acceptors (Lipinski definition) is 6. The van der Waals surface area contributed by atoms with Crippen LogP contribution in [0.3, 0.4) is 0 Å². The quantitative estimate of drug-likeness (QED) is 0.253. The fraction of sp³-hybridized carbons (Fsp3) is 0.227. The number of carbonyl (C=O) groups excluding carboxylic acids is 1. The number of nitro benzene ring substituents is 1. The van der Waals surface area contributed by atoms with Crippen molar-refractivity contribution in [3.8, 4) is 5.69 Å². The van der Waals surface area contributed by atoms with E-state index in [2.05, 4.69) is 10.3 Å². The summed E-state index contributed by atoms with van der Waals surface area (Å²) < 4.78 is 7.01. The van der Waals surface area contributed by atoms with Crippen molar-refractivity contribution in [2.24, 2.45) is 0 Å². The largest absolute Gasteiger partial charge is 0.465 e. The molecule has 2 aromatic heterocycles. The van der Waals surface area contributed by atoms with Crippen molar-refractivity contribution >= 4 is 29.0 Å². The third-order valence-electron chi connectivity index (χ3n) is 5.20. The van der Waals surface area contributed by atoms with Crippen molar-refractivity contribution in [2.75, 3.05) is 13.2 Å². The van der Waals surface area contributed by atoms with Gasteiger partial charge in [0.2, 0.25) is 0 Å². The maximum absolute atomic E-state index is 12.3. The number of rotatable bonds is 7. The van der Waals surface area contributed by atoms with Crippen molar-refractivity contribution in [3.63, 3.8) is 0 Å². The Morgan fingerprint density at radius 2 is 2.09 bits per heavy atom. The third kappa shape index (κ3) is 4.17. The van der Waals surface area contributed by atoms with Gasteiger partial charge in [-0.05, 0) is 49.5 Å². The summed E-state index contributed by atoms with van der Waals surface area (Å²) in [6.07, 6.45) is 3.53. The van der Waals surface area contributed by atoms with Gasteiger partial charge in [-0.2, -0.15) is 0 Å². The van der Waals surface area contributed by atoms with Crippen molar-refractivity contribution < 1.29 is 14.5 Å². The number of ether oxygens (including phenoxy) is 1. The molecule has 0 saturated carbocycles. The van der Waals surface area contributed by atoms with Crippen LogP contribution in [-0.4, -0.2) is 43.6 Å². The maximum atomic E-state index is 12.3. The Labute approximate surface area is 189 Å². The van der Waals surface area contributed by atoms with Gasteiger partial charge in [0.05, 0.1) is 35.0 Å². The van der Waals surface area contributed by atoms with Gasteiger partial charge >= 0.3 is 5.97 Å². The molecule has 164 valence electrons. The van der Waals surface area contributed by atoms with Crippen LogP contribution in [0, 0.1) is 10.1 Å². The molecule has 2 atom stereocenters. The molecule has 0 spiro atoms. The topological polar surface area (TPSA) is 103 Å². The molecule has 0 aliphatic carbocycles. The lowest BCUT2D eigenvalue weighted by atomic mass is 10.0. The summed E-state index contributed by atoms with van der Waals surface area (Å²) in [7, 11) is 0. The smallest absolute Gasteiger partial charge is 0.325 e. The van der Waals surface area contributed by atoms with Gasteiger partial charge in [0, 0.05) is 30.2 Å². The molecule has 4 rings (SSSR count). The van der Waals surface area contributed by atoms with E-state index in [1.165, 1.54) is 12.1 Å². The Balaban J connectivity index is 1.79. The summed E-state index contributed by atoms with van der Waals surface area (Å²) in [5, 5.41) is 15.0. The van der Waals surface area contributed by atoms with E-state index in [4.69, 9.17) is 17.0 Å². The van der Waals surface area contributed by atoms with E-state index in [0.29, 0.717) is 10.8 Å². The first-order valence-corrected chi connectivity index (χ1v) is 10.5. The van der Waals surface area contributed by atoms with Crippen LogP contribution in [0.25, 0.3) is 5.69 Å². The summed E-state index contributed by atoms with van der Waals surface area (Å²) >= 11 is 5.57. The van der Waals surface area contributed by atoms with Gasteiger partial charge < -0.3 is 19.5 Å². The van der Waals surface area contributed by atoms with Crippen LogP contribution >= 0.6 is 12.2 Å². The normalized spacial score (nSPS) is 17.8. The number of esters is 1. The molecule has 3 heterocycles. The molecule has 1 aliphatic heterocycles. The molecule has 0 unspecified atom stereocenters. The lowest BCUT2D eigenvalue weighted by molar-refractivity contribution is -0.384. The van der Waals surface area contributed by atoms with Crippen molar-refractivity contribution in [1.29, 1.82) is 0 Å². The minimum Gasteiger partial charge on any atom is -0.465 e. The first kappa shape index (κ1) is 21.4. The van der Waals surface area contributed by atoms with Crippen molar-refractivity contribution in [3.05, 3.63) is 88.5 Å². The summed E-state index contributed by atoms with van der Waals surface area (Å²) in [6, 6.07) is 15.0.